The molecule has 0 saturated carbocycles. The van der Waals surface area contributed by atoms with Crippen molar-refractivity contribution < 1.29 is 14.2 Å². The SMILES string of the molecule is CCC(N)C(Oc1ccc2c(c1)OCO2)c1cccnc1. The zero-order valence-electron chi connectivity index (χ0n) is 11.9. The molecule has 0 saturated heterocycles. The predicted molar refractivity (Wildman–Crippen MR) is 78.4 cm³/mol. The van der Waals surface area contributed by atoms with Crippen molar-refractivity contribution in [1.82, 2.24) is 4.98 Å². The molecule has 1 aromatic carbocycles. The van der Waals surface area contributed by atoms with E-state index in [0.717, 1.165) is 17.7 Å². The molecule has 0 spiro atoms. The Morgan fingerprint density at radius 3 is 2.90 bits per heavy atom. The highest BCUT2D eigenvalue weighted by atomic mass is 16.7. The van der Waals surface area contributed by atoms with Gasteiger partial charge in [0.1, 0.15) is 11.9 Å². The molecule has 21 heavy (non-hydrogen) atoms. The van der Waals surface area contributed by atoms with Crippen LogP contribution in [0.2, 0.25) is 0 Å². The average Bonchev–Trinajstić information content (AvgIpc) is 3.00. The van der Waals surface area contributed by atoms with Crippen molar-refractivity contribution in [1.29, 1.82) is 0 Å². The lowest BCUT2D eigenvalue weighted by molar-refractivity contribution is 0.167. The van der Waals surface area contributed by atoms with Gasteiger partial charge in [-0.3, -0.25) is 4.98 Å². The minimum atomic E-state index is -0.246. The Hall–Kier alpha value is -2.27. The Kier molecular flexibility index (Phi) is 3.92. The monoisotopic (exact) mass is 286 g/mol. The van der Waals surface area contributed by atoms with Gasteiger partial charge in [-0.2, -0.15) is 0 Å². The number of fused-ring (bicyclic) bond motifs is 1. The van der Waals surface area contributed by atoms with Crippen LogP contribution in [-0.4, -0.2) is 17.8 Å². The minimum Gasteiger partial charge on any atom is -0.484 e. The molecule has 0 fully saturated rings. The summed E-state index contributed by atoms with van der Waals surface area (Å²) in [5.74, 6) is 2.14. The fourth-order valence-electron chi connectivity index (χ4n) is 2.26. The van der Waals surface area contributed by atoms with Crippen LogP contribution in [0.25, 0.3) is 0 Å². The molecule has 1 aromatic heterocycles. The summed E-state index contributed by atoms with van der Waals surface area (Å²) >= 11 is 0. The number of hydrogen-bond acceptors (Lipinski definition) is 5. The van der Waals surface area contributed by atoms with Crippen molar-refractivity contribution in [2.24, 2.45) is 5.73 Å². The van der Waals surface area contributed by atoms with Crippen LogP contribution in [0.3, 0.4) is 0 Å². The zero-order chi connectivity index (χ0) is 14.7. The maximum absolute atomic E-state index is 6.20. The van der Waals surface area contributed by atoms with Gasteiger partial charge in [0.15, 0.2) is 11.5 Å². The molecule has 0 amide bonds. The first-order chi connectivity index (χ1) is 10.3. The molecular formula is C16H18N2O3. The molecule has 2 aromatic rings. The number of nitrogens with zero attached hydrogens (tertiary/aromatic N) is 1. The van der Waals surface area contributed by atoms with E-state index in [1.165, 1.54) is 0 Å². The molecule has 0 radical (unpaired) electrons. The first kappa shape index (κ1) is 13.7. The van der Waals surface area contributed by atoms with E-state index in [1.807, 2.05) is 37.3 Å². The van der Waals surface area contributed by atoms with Crippen LogP contribution in [0.5, 0.6) is 17.2 Å². The van der Waals surface area contributed by atoms with Crippen LogP contribution >= 0.6 is 0 Å². The quantitative estimate of drug-likeness (QED) is 0.915. The summed E-state index contributed by atoms with van der Waals surface area (Å²) in [6.45, 7) is 2.29. The van der Waals surface area contributed by atoms with E-state index < -0.39 is 0 Å². The van der Waals surface area contributed by atoms with E-state index in [2.05, 4.69) is 4.98 Å². The molecule has 2 N–H and O–H groups in total. The third-order valence-electron chi connectivity index (χ3n) is 3.48. The number of pyridine rings is 1. The van der Waals surface area contributed by atoms with Gasteiger partial charge in [-0.15, -0.1) is 0 Å². The lowest BCUT2D eigenvalue weighted by Crippen LogP contribution is -2.31. The third-order valence-corrected chi connectivity index (χ3v) is 3.48. The van der Waals surface area contributed by atoms with Crippen LogP contribution in [0.15, 0.2) is 42.7 Å². The van der Waals surface area contributed by atoms with E-state index in [4.69, 9.17) is 19.9 Å². The highest BCUT2D eigenvalue weighted by Crippen LogP contribution is 2.36. The molecule has 0 bridgehead atoms. The summed E-state index contributed by atoms with van der Waals surface area (Å²) in [5.41, 5.74) is 7.16. The molecule has 1 aliphatic heterocycles. The van der Waals surface area contributed by atoms with Gasteiger partial charge in [0.2, 0.25) is 6.79 Å². The Labute approximate surface area is 123 Å². The molecule has 2 heterocycles. The number of benzene rings is 1. The molecule has 5 heteroatoms. The normalized spacial score (nSPS) is 15.5. The maximum Gasteiger partial charge on any atom is 0.231 e. The first-order valence-corrected chi connectivity index (χ1v) is 6.99. The predicted octanol–water partition coefficient (Wildman–Crippen LogP) is 2.67. The Bertz CT molecular complexity index is 604. The van der Waals surface area contributed by atoms with Crippen LogP contribution < -0.4 is 19.9 Å². The summed E-state index contributed by atoms with van der Waals surface area (Å²) in [7, 11) is 0. The van der Waals surface area contributed by atoms with Crippen molar-refractivity contribution in [2.75, 3.05) is 6.79 Å². The van der Waals surface area contributed by atoms with Gasteiger partial charge in [0.05, 0.1) is 0 Å². The molecule has 0 aliphatic carbocycles. The van der Waals surface area contributed by atoms with Crippen molar-refractivity contribution in [3.8, 4) is 17.2 Å². The standard InChI is InChI=1S/C16H18N2O3/c1-2-13(17)16(11-4-3-7-18-9-11)21-12-5-6-14-15(8-12)20-10-19-14/h3-9,13,16H,2,10,17H2,1H3. The highest BCUT2D eigenvalue weighted by Gasteiger charge is 2.22. The molecule has 2 atom stereocenters. The largest absolute Gasteiger partial charge is 0.484 e. The molecule has 110 valence electrons. The summed E-state index contributed by atoms with van der Waals surface area (Å²) in [6.07, 6.45) is 4.08. The van der Waals surface area contributed by atoms with Gasteiger partial charge >= 0.3 is 0 Å². The number of nitrogens with two attached hydrogens (primary N) is 1. The summed E-state index contributed by atoms with van der Waals surface area (Å²) < 4.78 is 16.7. The van der Waals surface area contributed by atoms with Crippen molar-refractivity contribution >= 4 is 0 Å². The van der Waals surface area contributed by atoms with Gasteiger partial charge in [0.25, 0.3) is 0 Å². The van der Waals surface area contributed by atoms with Gasteiger partial charge in [0, 0.05) is 30.1 Å². The average molecular weight is 286 g/mol. The van der Waals surface area contributed by atoms with E-state index in [9.17, 15) is 0 Å². The van der Waals surface area contributed by atoms with E-state index >= 15 is 0 Å². The van der Waals surface area contributed by atoms with Crippen LogP contribution in [0.4, 0.5) is 0 Å². The second-order valence-corrected chi connectivity index (χ2v) is 4.91. The van der Waals surface area contributed by atoms with Gasteiger partial charge in [-0.05, 0) is 24.6 Å². The van der Waals surface area contributed by atoms with E-state index in [1.54, 1.807) is 12.4 Å². The smallest absolute Gasteiger partial charge is 0.231 e. The van der Waals surface area contributed by atoms with Gasteiger partial charge < -0.3 is 19.9 Å². The lowest BCUT2D eigenvalue weighted by atomic mass is 10.0. The number of rotatable bonds is 5. The fourth-order valence-corrected chi connectivity index (χ4v) is 2.26. The molecule has 1 aliphatic rings. The lowest BCUT2D eigenvalue weighted by Gasteiger charge is -2.24. The zero-order valence-corrected chi connectivity index (χ0v) is 11.9. The topological polar surface area (TPSA) is 66.6 Å². The second-order valence-electron chi connectivity index (χ2n) is 4.91. The number of aromatic nitrogens is 1. The van der Waals surface area contributed by atoms with Crippen LogP contribution in [0, 0.1) is 0 Å². The summed E-state index contributed by atoms with van der Waals surface area (Å²) in [6, 6.07) is 9.27. The molecule has 5 nitrogen and oxygen atoms in total. The van der Waals surface area contributed by atoms with Crippen LogP contribution in [-0.2, 0) is 0 Å². The highest BCUT2D eigenvalue weighted by molar-refractivity contribution is 5.47. The van der Waals surface area contributed by atoms with Crippen molar-refractivity contribution in [3.63, 3.8) is 0 Å². The van der Waals surface area contributed by atoms with Gasteiger partial charge in [-0.1, -0.05) is 13.0 Å². The van der Waals surface area contributed by atoms with Crippen LogP contribution in [0.1, 0.15) is 25.0 Å². The number of hydrogen-bond donors (Lipinski definition) is 1. The molecular weight excluding hydrogens is 268 g/mol. The van der Waals surface area contributed by atoms with E-state index in [0.29, 0.717) is 11.5 Å². The van der Waals surface area contributed by atoms with Crippen molar-refractivity contribution in [2.45, 2.75) is 25.5 Å². The van der Waals surface area contributed by atoms with Gasteiger partial charge in [-0.25, -0.2) is 0 Å². The van der Waals surface area contributed by atoms with E-state index in [-0.39, 0.29) is 18.9 Å². The third kappa shape index (κ3) is 2.92. The van der Waals surface area contributed by atoms with Crippen molar-refractivity contribution in [3.05, 3.63) is 48.3 Å². The Balaban J connectivity index is 1.85. The first-order valence-electron chi connectivity index (χ1n) is 6.99. The Morgan fingerprint density at radius 1 is 1.29 bits per heavy atom. The number of ether oxygens (including phenoxy) is 3. The molecule has 3 rings (SSSR count). The summed E-state index contributed by atoms with van der Waals surface area (Å²) in [5, 5.41) is 0. The fraction of sp³-hybridized carbons (Fsp3) is 0.312. The summed E-state index contributed by atoms with van der Waals surface area (Å²) in [4.78, 5) is 4.14. The Morgan fingerprint density at radius 2 is 2.14 bits per heavy atom. The maximum atomic E-state index is 6.20. The minimum absolute atomic E-state index is 0.111. The second kappa shape index (κ2) is 6.01. The molecule has 2 unspecified atom stereocenters.